The van der Waals surface area contributed by atoms with Crippen molar-refractivity contribution in [2.24, 2.45) is 22.7 Å². The highest BCUT2D eigenvalue weighted by Crippen LogP contribution is 2.71. The fourth-order valence-electron chi connectivity index (χ4n) is 5.93. The lowest BCUT2D eigenvalue weighted by Gasteiger charge is -2.34. The van der Waals surface area contributed by atoms with Crippen molar-refractivity contribution in [2.75, 3.05) is 6.54 Å². The average Bonchev–Trinajstić information content (AvgIpc) is 3.08. The van der Waals surface area contributed by atoms with E-state index in [-0.39, 0.29) is 40.3 Å². The van der Waals surface area contributed by atoms with Gasteiger partial charge in [-0.1, -0.05) is 43.2 Å². The molecule has 138 valence electrons. The Kier molecular flexibility index (Phi) is 3.70. The fraction of sp³-hybridized carbons (Fsp3) is 0.545. The number of likely N-dealkylation sites (tertiary alicyclic amines) is 1. The lowest BCUT2D eigenvalue weighted by Crippen LogP contribution is -2.36. The Morgan fingerprint density at radius 2 is 1.58 bits per heavy atom. The molecule has 1 saturated carbocycles. The first-order valence-electron chi connectivity index (χ1n) is 9.49. The van der Waals surface area contributed by atoms with E-state index in [0.29, 0.717) is 24.9 Å². The topological polar surface area (TPSA) is 37.4 Å². The first kappa shape index (κ1) is 17.4. The maximum Gasteiger partial charge on any atom is 0.234 e. The molecule has 0 aromatic heterocycles. The Bertz CT molecular complexity index is 802. The Labute approximate surface area is 154 Å². The second-order valence-electron chi connectivity index (χ2n) is 8.74. The van der Waals surface area contributed by atoms with Gasteiger partial charge in [0.1, 0.15) is 5.82 Å². The molecule has 4 heteroatoms. The fourth-order valence-corrected chi connectivity index (χ4v) is 5.93. The van der Waals surface area contributed by atoms with E-state index in [9.17, 15) is 14.0 Å². The molecule has 2 fully saturated rings. The molecule has 1 saturated heterocycles. The van der Waals surface area contributed by atoms with Crippen molar-refractivity contribution in [2.45, 2.75) is 47.0 Å². The lowest BCUT2D eigenvalue weighted by molar-refractivity contribution is -0.141. The molecule has 1 aromatic rings. The zero-order valence-corrected chi connectivity index (χ0v) is 15.9. The van der Waals surface area contributed by atoms with Gasteiger partial charge in [-0.25, -0.2) is 4.39 Å². The summed E-state index contributed by atoms with van der Waals surface area (Å²) in [6.45, 7) is 8.92. The molecular weight excluding hydrogens is 329 g/mol. The number of amides is 2. The number of hydrogen-bond donors (Lipinski definition) is 0. The van der Waals surface area contributed by atoms with Crippen molar-refractivity contribution >= 4 is 11.8 Å². The number of carbonyl (C=O) groups is 2. The van der Waals surface area contributed by atoms with E-state index in [1.165, 1.54) is 22.1 Å². The Balaban J connectivity index is 1.53. The number of fused-ring (bicyclic) bond motifs is 5. The predicted molar refractivity (Wildman–Crippen MR) is 97.6 cm³/mol. The molecule has 26 heavy (non-hydrogen) atoms. The van der Waals surface area contributed by atoms with Crippen LogP contribution in [-0.4, -0.2) is 23.3 Å². The first-order chi connectivity index (χ1) is 12.2. The van der Waals surface area contributed by atoms with E-state index in [1.807, 2.05) is 6.07 Å². The summed E-state index contributed by atoms with van der Waals surface area (Å²) < 4.78 is 13.8. The number of nitrogens with zero attached hydrogens (tertiary/aromatic N) is 1. The summed E-state index contributed by atoms with van der Waals surface area (Å²) in [5.41, 5.74) is 2.82. The van der Waals surface area contributed by atoms with Crippen LogP contribution in [0.25, 0.3) is 0 Å². The Morgan fingerprint density at radius 3 is 2.12 bits per heavy atom. The molecule has 2 bridgehead atoms. The van der Waals surface area contributed by atoms with Crippen LogP contribution >= 0.6 is 0 Å². The molecule has 1 aliphatic heterocycles. The van der Waals surface area contributed by atoms with Crippen LogP contribution in [0.5, 0.6) is 0 Å². The van der Waals surface area contributed by atoms with E-state index in [1.54, 1.807) is 12.1 Å². The SMILES string of the molecule is CC1=C(C)C2(C)CC1(C)C1C(=O)N(CCCc3ccccc3F)C(=O)C12. The summed E-state index contributed by atoms with van der Waals surface area (Å²) in [6, 6.07) is 6.69. The largest absolute Gasteiger partial charge is 0.282 e. The first-order valence-corrected chi connectivity index (χ1v) is 9.49. The summed E-state index contributed by atoms with van der Waals surface area (Å²) in [4.78, 5) is 27.7. The van der Waals surface area contributed by atoms with Gasteiger partial charge >= 0.3 is 0 Å². The van der Waals surface area contributed by atoms with E-state index < -0.39 is 0 Å². The molecule has 1 aromatic carbocycles. The number of rotatable bonds is 4. The van der Waals surface area contributed by atoms with Crippen LogP contribution in [0, 0.1) is 28.5 Å². The van der Waals surface area contributed by atoms with Crippen LogP contribution in [0.4, 0.5) is 4.39 Å². The number of hydrogen-bond acceptors (Lipinski definition) is 2. The third kappa shape index (κ3) is 2.04. The van der Waals surface area contributed by atoms with E-state index in [0.717, 1.165) is 6.42 Å². The van der Waals surface area contributed by atoms with Gasteiger partial charge in [0, 0.05) is 17.4 Å². The minimum Gasteiger partial charge on any atom is -0.282 e. The number of allylic oxidation sites excluding steroid dienone is 2. The number of halogens is 1. The van der Waals surface area contributed by atoms with Crippen LogP contribution in [0.3, 0.4) is 0 Å². The molecule has 1 heterocycles. The standard InChI is InChI=1S/C22H26FNO2/c1-13-14(2)22(4)12-21(13,3)17-18(22)20(26)24(19(17)25)11-7-9-15-8-5-6-10-16(15)23/h5-6,8,10,17-18H,7,9,11-12H2,1-4H3. The number of carbonyl (C=O) groups excluding carboxylic acids is 2. The number of benzene rings is 1. The molecule has 4 unspecified atom stereocenters. The second kappa shape index (κ2) is 5.51. The van der Waals surface area contributed by atoms with Crippen LogP contribution < -0.4 is 0 Å². The van der Waals surface area contributed by atoms with Crippen LogP contribution in [0.1, 0.15) is 46.1 Å². The minimum atomic E-state index is -0.225. The van der Waals surface area contributed by atoms with Crippen LogP contribution in [0.2, 0.25) is 0 Å². The summed E-state index contributed by atoms with van der Waals surface area (Å²) >= 11 is 0. The summed E-state index contributed by atoms with van der Waals surface area (Å²) in [6.07, 6.45) is 2.02. The predicted octanol–water partition coefficient (Wildman–Crippen LogP) is 4.13. The average molecular weight is 355 g/mol. The van der Waals surface area contributed by atoms with E-state index in [4.69, 9.17) is 0 Å². The van der Waals surface area contributed by atoms with Gasteiger partial charge in [0.05, 0.1) is 11.8 Å². The maximum atomic E-state index is 13.8. The second-order valence-corrected chi connectivity index (χ2v) is 8.74. The molecular formula is C22H26FNO2. The van der Waals surface area contributed by atoms with Crippen molar-refractivity contribution in [1.29, 1.82) is 0 Å². The van der Waals surface area contributed by atoms with Gasteiger partial charge in [-0.2, -0.15) is 0 Å². The minimum absolute atomic E-state index is 0.0217. The zero-order chi connectivity index (χ0) is 18.9. The highest BCUT2D eigenvalue weighted by molar-refractivity contribution is 6.07. The number of imide groups is 1. The van der Waals surface area contributed by atoms with Gasteiger partial charge in [-0.15, -0.1) is 0 Å². The van der Waals surface area contributed by atoms with Gasteiger partial charge < -0.3 is 0 Å². The smallest absolute Gasteiger partial charge is 0.234 e. The molecule has 2 aliphatic carbocycles. The van der Waals surface area contributed by atoms with Crippen molar-refractivity contribution in [3.8, 4) is 0 Å². The number of aryl methyl sites for hydroxylation is 1. The molecule has 4 rings (SSSR count). The lowest BCUT2D eigenvalue weighted by atomic mass is 9.66. The summed E-state index contributed by atoms with van der Waals surface area (Å²) in [7, 11) is 0. The summed E-state index contributed by atoms with van der Waals surface area (Å²) in [5.74, 6) is -0.718. The highest BCUT2D eigenvalue weighted by Gasteiger charge is 2.71. The van der Waals surface area contributed by atoms with Gasteiger partial charge in [0.15, 0.2) is 0 Å². The van der Waals surface area contributed by atoms with Crippen molar-refractivity contribution in [3.63, 3.8) is 0 Å². The molecule has 0 radical (unpaired) electrons. The third-order valence-electron chi connectivity index (χ3n) is 7.57. The monoisotopic (exact) mass is 355 g/mol. The van der Waals surface area contributed by atoms with Gasteiger partial charge in [0.2, 0.25) is 11.8 Å². The highest BCUT2D eigenvalue weighted by atomic mass is 19.1. The van der Waals surface area contributed by atoms with Crippen molar-refractivity contribution in [1.82, 2.24) is 4.90 Å². The van der Waals surface area contributed by atoms with Gasteiger partial charge in [-0.05, 0) is 44.7 Å². The molecule has 3 aliphatic rings. The van der Waals surface area contributed by atoms with Gasteiger partial charge in [0.25, 0.3) is 0 Å². The van der Waals surface area contributed by atoms with E-state index >= 15 is 0 Å². The molecule has 4 atom stereocenters. The molecule has 3 nitrogen and oxygen atoms in total. The van der Waals surface area contributed by atoms with Gasteiger partial charge in [-0.3, -0.25) is 14.5 Å². The normalized spacial score (nSPS) is 35.7. The van der Waals surface area contributed by atoms with Crippen molar-refractivity contribution in [3.05, 3.63) is 46.8 Å². The van der Waals surface area contributed by atoms with Crippen LogP contribution in [-0.2, 0) is 16.0 Å². The molecule has 0 spiro atoms. The van der Waals surface area contributed by atoms with Crippen LogP contribution in [0.15, 0.2) is 35.4 Å². The zero-order valence-electron chi connectivity index (χ0n) is 15.9. The third-order valence-corrected chi connectivity index (χ3v) is 7.57. The quantitative estimate of drug-likeness (QED) is 0.602. The molecule has 0 N–H and O–H groups in total. The summed E-state index contributed by atoms with van der Waals surface area (Å²) in [5, 5.41) is 0. The Morgan fingerprint density at radius 1 is 1.04 bits per heavy atom. The Hall–Kier alpha value is -1.97. The van der Waals surface area contributed by atoms with Crippen molar-refractivity contribution < 1.29 is 14.0 Å². The maximum absolute atomic E-state index is 13.8. The van der Waals surface area contributed by atoms with E-state index in [2.05, 4.69) is 27.7 Å². The molecule has 2 amide bonds.